The van der Waals surface area contributed by atoms with Crippen LogP contribution in [0.25, 0.3) is 5.52 Å². The van der Waals surface area contributed by atoms with Gasteiger partial charge in [0.2, 0.25) is 0 Å². The Balaban J connectivity index is 2.44. The Morgan fingerprint density at radius 2 is 2.25 bits per heavy atom. The SMILES string of the molecule is Cc1cc2c(NC(C)(C)CN)nccn2n1. The minimum atomic E-state index is -0.174. The Kier molecular flexibility index (Phi) is 2.55. The zero-order valence-electron chi connectivity index (χ0n) is 9.86. The van der Waals surface area contributed by atoms with E-state index in [0.717, 1.165) is 17.0 Å². The molecule has 2 heterocycles. The van der Waals surface area contributed by atoms with Crippen molar-refractivity contribution in [2.45, 2.75) is 26.3 Å². The van der Waals surface area contributed by atoms with Crippen LogP contribution in [-0.2, 0) is 0 Å². The molecule has 16 heavy (non-hydrogen) atoms. The zero-order valence-corrected chi connectivity index (χ0v) is 9.86. The molecule has 0 atom stereocenters. The number of nitrogens with zero attached hydrogens (tertiary/aromatic N) is 3. The highest BCUT2D eigenvalue weighted by atomic mass is 15.2. The van der Waals surface area contributed by atoms with E-state index in [0.29, 0.717) is 6.54 Å². The highest BCUT2D eigenvalue weighted by molar-refractivity contribution is 5.68. The Morgan fingerprint density at radius 3 is 2.94 bits per heavy atom. The predicted octanol–water partition coefficient (Wildman–Crippen LogP) is 1.19. The molecule has 0 spiro atoms. The molecule has 0 fully saturated rings. The third-order valence-electron chi connectivity index (χ3n) is 2.48. The first-order valence-electron chi connectivity index (χ1n) is 5.31. The fraction of sp³-hybridized carbons (Fsp3) is 0.455. The van der Waals surface area contributed by atoms with E-state index in [1.54, 1.807) is 6.20 Å². The summed E-state index contributed by atoms with van der Waals surface area (Å²) in [5.74, 6) is 0.818. The summed E-state index contributed by atoms with van der Waals surface area (Å²) in [6.07, 6.45) is 3.57. The fourth-order valence-electron chi connectivity index (χ4n) is 1.51. The third kappa shape index (κ3) is 1.99. The molecule has 2 aromatic rings. The summed E-state index contributed by atoms with van der Waals surface area (Å²) in [5.41, 5.74) is 7.46. The van der Waals surface area contributed by atoms with Crippen LogP contribution in [0.2, 0.25) is 0 Å². The van der Waals surface area contributed by atoms with Crippen LogP contribution >= 0.6 is 0 Å². The molecule has 0 aliphatic rings. The largest absolute Gasteiger partial charge is 0.362 e. The molecule has 0 bridgehead atoms. The highest BCUT2D eigenvalue weighted by Crippen LogP contribution is 2.18. The second-order valence-corrected chi connectivity index (χ2v) is 4.60. The number of aromatic nitrogens is 3. The molecule has 0 saturated heterocycles. The van der Waals surface area contributed by atoms with Crippen LogP contribution in [0.5, 0.6) is 0 Å². The molecular weight excluding hydrogens is 202 g/mol. The van der Waals surface area contributed by atoms with E-state index in [9.17, 15) is 0 Å². The predicted molar refractivity (Wildman–Crippen MR) is 64.5 cm³/mol. The summed E-state index contributed by atoms with van der Waals surface area (Å²) >= 11 is 0. The molecule has 0 radical (unpaired) electrons. The lowest BCUT2D eigenvalue weighted by Crippen LogP contribution is -2.39. The van der Waals surface area contributed by atoms with E-state index in [4.69, 9.17) is 5.73 Å². The van der Waals surface area contributed by atoms with Gasteiger partial charge in [-0.2, -0.15) is 5.10 Å². The van der Waals surface area contributed by atoms with Gasteiger partial charge in [-0.1, -0.05) is 0 Å². The number of rotatable bonds is 3. The summed E-state index contributed by atoms with van der Waals surface area (Å²) in [4.78, 5) is 4.33. The summed E-state index contributed by atoms with van der Waals surface area (Å²) in [5, 5.41) is 7.66. The number of hydrogen-bond donors (Lipinski definition) is 2. The maximum absolute atomic E-state index is 5.69. The number of nitrogens with two attached hydrogens (primary N) is 1. The molecule has 0 amide bonds. The minimum absolute atomic E-state index is 0.174. The average Bonchev–Trinajstić information content (AvgIpc) is 2.59. The topological polar surface area (TPSA) is 68.2 Å². The van der Waals surface area contributed by atoms with Crippen molar-refractivity contribution in [3.8, 4) is 0 Å². The van der Waals surface area contributed by atoms with Crippen LogP contribution in [0.3, 0.4) is 0 Å². The molecule has 0 aliphatic heterocycles. The Hall–Kier alpha value is -1.62. The average molecular weight is 219 g/mol. The second kappa shape index (κ2) is 3.75. The zero-order chi connectivity index (χ0) is 11.8. The Morgan fingerprint density at radius 1 is 1.50 bits per heavy atom. The van der Waals surface area contributed by atoms with Crippen LogP contribution in [0, 0.1) is 6.92 Å². The standard InChI is InChI=1S/C11H17N5/c1-8-6-9-10(14-11(2,3)7-12)13-4-5-16(9)15-8/h4-6H,7,12H2,1-3H3,(H,13,14). The molecule has 0 aliphatic carbocycles. The molecule has 2 aromatic heterocycles. The van der Waals surface area contributed by atoms with E-state index in [2.05, 4.69) is 15.4 Å². The number of aryl methyl sites for hydroxylation is 1. The van der Waals surface area contributed by atoms with Gasteiger partial charge in [-0.15, -0.1) is 0 Å². The Labute approximate surface area is 94.7 Å². The molecule has 0 saturated carbocycles. The van der Waals surface area contributed by atoms with Crippen molar-refractivity contribution in [3.05, 3.63) is 24.2 Å². The first kappa shape index (κ1) is 10.9. The number of nitrogens with one attached hydrogen (secondary N) is 1. The molecular formula is C11H17N5. The maximum atomic E-state index is 5.69. The van der Waals surface area contributed by atoms with Gasteiger partial charge in [0, 0.05) is 24.5 Å². The smallest absolute Gasteiger partial charge is 0.152 e. The Bertz CT molecular complexity index is 500. The van der Waals surface area contributed by atoms with Crippen molar-refractivity contribution in [2.24, 2.45) is 5.73 Å². The number of anilines is 1. The normalized spacial score (nSPS) is 12.0. The lowest BCUT2D eigenvalue weighted by atomic mass is 10.1. The first-order valence-corrected chi connectivity index (χ1v) is 5.31. The molecule has 86 valence electrons. The quantitative estimate of drug-likeness (QED) is 0.813. The molecule has 5 nitrogen and oxygen atoms in total. The van der Waals surface area contributed by atoms with E-state index in [1.165, 1.54) is 0 Å². The van der Waals surface area contributed by atoms with Crippen LogP contribution in [-0.4, -0.2) is 26.7 Å². The van der Waals surface area contributed by atoms with E-state index < -0.39 is 0 Å². The van der Waals surface area contributed by atoms with Crippen molar-refractivity contribution in [1.29, 1.82) is 0 Å². The van der Waals surface area contributed by atoms with Crippen molar-refractivity contribution < 1.29 is 0 Å². The number of fused-ring (bicyclic) bond motifs is 1. The fourth-order valence-corrected chi connectivity index (χ4v) is 1.51. The lowest BCUT2D eigenvalue weighted by molar-refractivity contribution is 0.577. The van der Waals surface area contributed by atoms with Crippen LogP contribution in [0.15, 0.2) is 18.5 Å². The molecule has 5 heteroatoms. The minimum Gasteiger partial charge on any atom is -0.362 e. The van der Waals surface area contributed by atoms with Gasteiger partial charge in [-0.05, 0) is 26.8 Å². The molecule has 2 rings (SSSR count). The molecule has 3 N–H and O–H groups in total. The maximum Gasteiger partial charge on any atom is 0.152 e. The number of hydrogen-bond acceptors (Lipinski definition) is 4. The third-order valence-corrected chi connectivity index (χ3v) is 2.48. The molecule has 0 unspecified atom stereocenters. The lowest BCUT2D eigenvalue weighted by Gasteiger charge is -2.25. The van der Waals surface area contributed by atoms with Gasteiger partial charge in [-0.25, -0.2) is 9.50 Å². The van der Waals surface area contributed by atoms with Crippen LogP contribution in [0.1, 0.15) is 19.5 Å². The highest BCUT2D eigenvalue weighted by Gasteiger charge is 2.17. The van der Waals surface area contributed by atoms with Gasteiger partial charge in [0.1, 0.15) is 5.52 Å². The van der Waals surface area contributed by atoms with Gasteiger partial charge >= 0.3 is 0 Å². The van der Waals surface area contributed by atoms with Crippen molar-refractivity contribution in [1.82, 2.24) is 14.6 Å². The van der Waals surface area contributed by atoms with Crippen molar-refractivity contribution >= 4 is 11.3 Å². The van der Waals surface area contributed by atoms with Crippen LogP contribution in [0.4, 0.5) is 5.82 Å². The van der Waals surface area contributed by atoms with Crippen molar-refractivity contribution in [3.63, 3.8) is 0 Å². The van der Waals surface area contributed by atoms with Gasteiger partial charge in [0.15, 0.2) is 5.82 Å². The summed E-state index contributed by atoms with van der Waals surface area (Å²) in [7, 11) is 0. The van der Waals surface area contributed by atoms with Crippen molar-refractivity contribution in [2.75, 3.05) is 11.9 Å². The van der Waals surface area contributed by atoms with Gasteiger partial charge in [0.25, 0.3) is 0 Å². The first-order chi connectivity index (χ1) is 7.52. The monoisotopic (exact) mass is 219 g/mol. The van der Waals surface area contributed by atoms with E-state index >= 15 is 0 Å². The van der Waals surface area contributed by atoms with Gasteiger partial charge < -0.3 is 11.1 Å². The van der Waals surface area contributed by atoms with E-state index in [-0.39, 0.29) is 5.54 Å². The van der Waals surface area contributed by atoms with Gasteiger partial charge in [0.05, 0.1) is 5.69 Å². The summed E-state index contributed by atoms with van der Waals surface area (Å²) in [6.45, 7) is 6.59. The van der Waals surface area contributed by atoms with Gasteiger partial charge in [-0.3, -0.25) is 0 Å². The summed E-state index contributed by atoms with van der Waals surface area (Å²) < 4.78 is 1.82. The van der Waals surface area contributed by atoms with Crippen LogP contribution < -0.4 is 11.1 Å². The summed E-state index contributed by atoms with van der Waals surface area (Å²) in [6, 6.07) is 2.00. The molecule has 0 aromatic carbocycles. The second-order valence-electron chi connectivity index (χ2n) is 4.60. The van der Waals surface area contributed by atoms with E-state index in [1.807, 2.05) is 37.5 Å².